The first-order valence-electron chi connectivity index (χ1n) is 8.06. The summed E-state index contributed by atoms with van der Waals surface area (Å²) in [6.07, 6.45) is 3.48. The summed E-state index contributed by atoms with van der Waals surface area (Å²) < 4.78 is 2.11. The van der Waals surface area contributed by atoms with Crippen molar-refractivity contribution in [3.8, 4) is 0 Å². The van der Waals surface area contributed by atoms with E-state index in [9.17, 15) is 5.11 Å². The molecule has 1 aromatic carbocycles. The Bertz CT molecular complexity index is 613. The predicted molar refractivity (Wildman–Crippen MR) is 110 cm³/mol. The van der Waals surface area contributed by atoms with Crippen molar-refractivity contribution in [2.24, 2.45) is 4.99 Å². The van der Waals surface area contributed by atoms with Gasteiger partial charge in [-0.2, -0.15) is 0 Å². The maximum absolute atomic E-state index is 10.3. The van der Waals surface area contributed by atoms with E-state index < -0.39 is 6.10 Å². The fourth-order valence-electron chi connectivity index (χ4n) is 2.32. The van der Waals surface area contributed by atoms with Gasteiger partial charge in [0.1, 0.15) is 0 Å². The number of nitrogens with zero attached hydrogens (tertiary/aromatic N) is 2. The third-order valence-corrected chi connectivity index (χ3v) is 3.52. The second-order valence-corrected chi connectivity index (χ2v) is 5.50. The zero-order chi connectivity index (χ0) is 16.5. The summed E-state index contributed by atoms with van der Waals surface area (Å²) in [5.41, 5.74) is 2.04. The SMILES string of the molecule is CCNC(=NCC(O)c1cccc(C)c1)NCCn1cccc1.I. The summed E-state index contributed by atoms with van der Waals surface area (Å²) in [6, 6.07) is 11.9. The number of nitrogens with one attached hydrogen (secondary N) is 2. The van der Waals surface area contributed by atoms with Gasteiger partial charge >= 0.3 is 0 Å². The van der Waals surface area contributed by atoms with Crippen LogP contribution in [0, 0.1) is 6.92 Å². The van der Waals surface area contributed by atoms with E-state index in [2.05, 4.69) is 20.2 Å². The van der Waals surface area contributed by atoms with Crippen molar-refractivity contribution < 1.29 is 5.11 Å². The average Bonchev–Trinajstić information content (AvgIpc) is 3.05. The predicted octanol–water partition coefficient (Wildman–Crippen LogP) is 2.70. The molecule has 5 nitrogen and oxygen atoms in total. The van der Waals surface area contributed by atoms with Crippen LogP contribution in [-0.2, 0) is 6.54 Å². The molecule has 3 N–H and O–H groups in total. The summed E-state index contributed by atoms with van der Waals surface area (Å²) >= 11 is 0. The second kappa shape index (κ2) is 11.1. The first-order valence-corrected chi connectivity index (χ1v) is 8.06. The van der Waals surface area contributed by atoms with Crippen LogP contribution in [0.2, 0.25) is 0 Å². The van der Waals surface area contributed by atoms with Crippen molar-refractivity contribution in [2.75, 3.05) is 19.6 Å². The van der Waals surface area contributed by atoms with E-state index >= 15 is 0 Å². The Kier molecular flexibility index (Phi) is 9.48. The number of aromatic nitrogens is 1. The fraction of sp³-hybridized carbons (Fsp3) is 0.389. The lowest BCUT2D eigenvalue weighted by Crippen LogP contribution is -2.39. The van der Waals surface area contributed by atoms with Gasteiger partial charge in [-0.05, 0) is 31.5 Å². The Labute approximate surface area is 161 Å². The number of guanidine groups is 1. The number of hydrogen-bond donors (Lipinski definition) is 3. The van der Waals surface area contributed by atoms with Gasteiger partial charge in [-0.3, -0.25) is 4.99 Å². The maximum Gasteiger partial charge on any atom is 0.191 e. The highest BCUT2D eigenvalue weighted by molar-refractivity contribution is 14.0. The topological polar surface area (TPSA) is 61.6 Å². The molecule has 2 rings (SSSR count). The highest BCUT2D eigenvalue weighted by atomic mass is 127. The minimum absolute atomic E-state index is 0. The van der Waals surface area contributed by atoms with E-state index in [0.717, 1.165) is 36.7 Å². The van der Waals surface area contributed by atoms with E-state index in [0.29, 0.717) is 6.54 Å². The number of rotatable bonds is 7. The molecule has 0 aliphatic rings. The Morgan fingerprint density at radius 1 is 1.21 bits per heavy atom. The highest BCUT2D eigenvalue weighted by Crippen LogP contribution is 2.14. The van der Waals surface area contributed by atoms with Gasteiger partial charge in [0.25, 0.3) is 0 Å². The van der Waals surface area contributed by atoms with Gasteiger partial charge in [-0.1, -0.05) is 29.8 Å². The number of aliphatic imine (C=N–C) groups is 1. The summed E-state index contributed by atoms with van der Waals surface area (Å²) in [7, 11) is 0. The van der Waals surface area contributed by atoms with Gasteiger partial charge in [0.2, 0.25) is 0 Å². The van der Waals surface area contributed by atoms with Crippen LogP contribution in [0.3, 0.4) is 0 Å². The molecule has 132 valence electrons. The molecule has 0 spiro atoms. The van der Waals surface area contributed by atoms with E-state index in [-0.39, 0.29) is 24.0 Å². The molecule has 1 heterocycles. The standard InChI is InChI=1S/C18H26N4O.HI/c1-3-19-18(20-9-12-22-10-4-5-11-22)21-14-17(23)16-8-6-7-15(2)13-16;/h4-8,10-11,13,17,23H,3,9,12,14H2,1-2H3,(H2,19,20,21);1H. The number of aliphatic hydroxyl groups excluding tert-OH is 1. The Morgan fingerprint density at radius 2 is 1.96 bits per heavy atom. The molecule has 0 bridgehead atoms. The van der Waals surface area contributed by atoms with Crippen LogP contribution in [-0.4, -0.2) is 35.3 Å². The highest BCUT2D eigenvalue weighted by Gasteiger charge is 2.07. The summed E-state index contributed by atoms with van der Waals surface area (Å²) in [6.45, 7) is 6.82. The molecule has 0 fully saturated rings. The first kappa shape index (κ1) is 20.5. The lowest BCUT2D eigenvalue weighted by atomic mass is 10.1. The molecular weight excluding hydrogens is 415 g/mol. The van der Waals surface area contributed by atoms with Crippen LogP contribution in [0.25, 0.3) is 0 Å². The molecular formula is C18H27IN4O. The number of benzene rings is 1. The largest absolute Gasteiger partial charge is 0.386 e. The number of aliphatic hydroxyl groups is 1. The van der Waals surface area contributed by atoms with Crippen molar-refractivity contribution in [2.45, 2.75) is 26.5 Å². The van der Waals surface area contributed by atoms with Crippen molar-refractivity contribution in [1.29, 1.82) is 0 Å². The number of hydrogen-bond acceptors (Lipinski definition) is 2. The molecule has 0 amide bonds. The van der Waals surface area contributed by atoms with Crippen molar-refractivity contribution in [3.63, 3.8) is 0 Å². The quantitative estimate of drug-likeness (QED) is 0.351. The Morgan fingerprint density at radius 3 is 2.62 bits per heavy atom. The van der Waals surface area contributed by atoms with Gasteiger partial charge in [0.15, 0.2) is 5.96 Å². The van der Waals surface area contributed by atoms with Gasteiger partial charge in [0.05, 0.1) is 12.6 Å². The molecule has 6 heteroatoms. The van der Waals surface area contributed by atoms with Crippen LogP contribution in [0.15, 0.2) is 53.8 Å². The molecule has 0 aliphatic carbocycles. The molecule has 0 radical (unpaired) electrons. The van der Waals surface area contributed by atoms with Gasteiger partial charge in [0, 0.05) is 32.0 Å². The van der Waals surface area contributed by atoms with Crippen LogP contribution in [0.5, 0.6) is 0 Å². The van der Waals surface area contributed by atoms with Crippen LogP contribution < -0.4 is 10.6 Å². The summed E-state index contributed by atoms with van der Waals surface area (Å²) in [4.78, 5) is 4.47. The lowest BCUT2D eigenvalue weighted by Gasteiger charge is -2.14. The van der Waals surface area contributed by atoms with Crippen molar-refractivity contribution in [1.82, 2.24) is 15.2 Å². The Balaban J connectivity index is 0.00000288. The molecule has 1 unspecified atom stereocenters. The zero-order valence-corrected chi connectivity index (χ0v) is 16.6. The van der Waals surface area contributed by atoms with Gasteiger partial charge < -0.3 is 20.3 Å². The number of halogens is 1. The monoisotopic (exact) mass is 442 g/mol. The van der Waals surface area contributed by atoms with E-state index in [1.807, 2.05) is 62.6 Å². The average molecular weight is 442 g/mol. The smallest absolute Gasteiger partial charge is 0.191 e. The number of aryl methyl sites for hydroxylation is 1. The van der Waals surface area contributed by atoms with E-state index in [4.69, 9.17) is 0 Å². The van der Waals surface area contributed by atoms with Crippen LogP contribution in [0.4, 0.5) is 0 Å². The Hall–Kier alpha value is -1.54. The molecule has 24 heavy (non-hydrogen) atoms. The summed E-state index contributed by atoms with van der Waals surface area (Å²) in [5.74, 6) is 0.728. The lowest BCUT2D eigenvalue weighted by molar-refractivity contribution is 0.187. The van der Waals surface area contributed by atoms with E-state index in [1.165, 1.54) is 0 Å². The minimum atomic E-state index is -0.588. The zero-order valence-electron chi connectivity index (χ0n) is 14.3. The normalized spacial score (nSPS) is 12.4. The van der Waals surface area contributed by atoms with Gasteiger partial charge in [-0.15, -0.1) is 24.0 Å². The third-order valence-electron chi connectivity index (χ3n) is 3.52. The first-order chi connectivity index (χ1) is 11.2. The van der Waals surface area contributed by atoms with Crippen LogP contribution in [0.1, 0.15) is 24.2 Å². The molecule has 0 aliphatic heterocycles. The maximum atomic E-state index is 10.3. The molecule has 1 aromatic heterocycles. The van der Waals surface area contributed by atoms with Crippen molar-refractivity contribution in [3.05, 3.63) is 59.9 Å². The third kappa shape index (κ3) is 6.92. The molecule has 0 saturated carbocycles. The minimum Gasteiger partial charge on any atom is -0.386 e. The van der Waals surface area contributed by atoms with E-state index in [1.54, 1.807) is 0 Å². The van der Waals surface area contributed by atoms with Gasteiger partial charge in [-0.25, -0.2) is 0 Å². The van der Waals surface area contributed by atoms with Crippen LogP contribution >= 0.6 is 24.0 Å². The summed E-state index contributed by atoms with van der Waals surface area (Å²) in [5, 5.41) is 16.8. The van der Waals surface area contributed by atoms with Crippen molar-refractivity contribution >= 4 is 29.9 Å². The second-order valence-electron chi connectivity index (χ2n) is 5.50. The molecule has 1 atom stereocenters. The fourth-order valence-corrected chi connectivity index (χ4v) is 2.32. The molecule has 2 aromatic rings. The molecule has 0 saturated heterocycles.